The number of aromatic nitrogens is 2. The van der Waals surface area contributed by atoms with Crippen molar-refractivity contribution in [3.63, 3.8) is 0 Å². The van der Waals surface area contributed by atoms with Crippen LogP contribution in [0.1, 0.15) is 5.69 Å². The van der Waals surface area contributed by atoms with E-state index < -0.39 is 5.97 Å². The molecule has 1 aromatic heterocycles. The zero-order valence-electron chi connectivity index (χ0n) is 8.80. The molecular weight excluding hydrogens is 240 g/mol. The molecule has 0 unspecified atom stereocenters. The molecule has 0 aliphatic carbocycles. The molecule has 4 nitrogen and oxygen atoms in total. The van der Waals surface area contributed by atoms with E-state index in [4.69, 9.17) is 16.7 Å². The van der Waals surface area contributed by atoms with E-state index in [2.05, 4.69) is 9.97 Å². The summed E-state index contributed by atoms with van der Waals surface area (Å²) in [5.41, 5.74) is 1.98. The van der Waals surface area contributed by atoms with Crippen molar-refractivity contribution in [1.82, 2.24) is 9.97 Å². The first kappa shape index (κ1) is 11.5. The van der Waals surface area contributed by atoms with Crippen molar-refractivity contribution in [1.29, 1.82) is 0 Å². The number of hydrogen-bond donors (Lipinski definition) is 1. The number of benzene rings is 1. The molecule has 0 aliphatic rings. The summed E-state index contributed by atoms with van der Waals surface area (Å²) in [4.78, 5) is 18.6. The summed E-state index contributed by atoms with van der Waals surface area (Å²) in [6.07, 6.45) is 1.24. The van der Waals surface area contributed by atoms with Crippen molar-refractivity contribution in [2.45, 2.75) is 6.42 Å². The van der Waals surface area contributed by atoms with Crippen LogP contribution in [0.2, 0.25) is 5.02 Å². The van der Waals surface area contributed by atoms with E-state index in [1.165, 1.54) is 6.33 Å². The molecule has 0 spiro atoms. The number of carboxylic acids is 1. The van der Waals surface area contributed by atoms with Gasteiger partial charge in [0.25, 0.3) is 0 Å². The fourth-order valence-corrected chi connectivity index (χ4v) is 1.65. The molecule has 1 aromatic carbocycles. The van der Waals surface area contributed by atoms with Crippen LogP contribution in [0, 0.1) is 0 Å². The highest BCUT2D eigenvalue weighted by atomic mass is 35.5. The third kappa shape index (κ3) is 3.01. The molecule has 1 heterocycles. The molecule has 86 valence electrons. The lowest BCUT2D eigenvalue weighted by Crippen LogP contribution is -2.02. The number of hydrogen-bond acceptors (Lipinski definition) is 3. The quantitative estimate of drug-likeness (QED) is 0.906. The lowest BCUT2D eigenvalue weighted by molar-refractivity contribution is -0.136. The van der Waals surface area contributed by atoms with Gasteiger partial charge in [0.2, 0.25) is 0 Å². The molecule has 0 saturated heterocycles. The topological polar surface area (TPSA) is 63.1 Å². The standard InChI is InChI=1S/C12H9ClN2O2/c13-9-3-1-2-8(4-9)11-5-10(6-12(16)17)14-7-15-11/h1-5,7H,6H2,(H,16,17). The van der Waals surface area contributed by atoms with E-state index in [0.717, 1.165) is 5.56 Å². The molecule has 2 rings (SSSR count). The summed E-state index contributed by atoms with van der Waals surface area (Å²) >= 11 is 5.88. The van der Waals surface area contributed by atoms with Gasteiger partial charge in [-0.2, -0.15) is 0 Å². The molecule has 0 fully saturated rings. The molecule has 0 bridgehead atoms. The maximum Gasteiger partial charge on any atom is 0.309 e. The predicted octanol–water partition coefficient (Wildman–Crippen LogP) is 2.42. The van der Waals surface area contributed by atoms with Crippen LogP contribution in [0.4, 0.5) is 0 Å². The lowest BCUT2D eigenvalue weighted by atomic mass is 10.1. The van der Waals surface area contributed by atoms with Gasteiger partial charge in [0.1, 0.15) is 6.33 Å². The summed E-state index contributed by atoms with van der Waals surface area (Å²) in [6, 6.07) is 8.87. The Kier molecular flexibility index (Phi) is 3.35. The van der Waals surface area contributed by atoms with Crippen LogP contribution in [0.15, 0.2) is 36.7 Å². The molecule has 0 aliphatic heterocycles. The van der Waals surface area contributed by atoms with Gasteiger partial charge >= 0.3 is 5.97 Å². The highest BCUT2D eigenvalue weighted by molar-refractivity contribution is 6.30. The second-order valence-corrected chi connectivity index (χ2v) is 3.91. The Labute approximate surface area is 103 Å². The second kappa shape index (κ2) is 4.93. The van der Waals surface area contributed by atoms with E-state index in [9.17, 15) is 4.79 Å². The summed E-state index contributed by atoms with van der Waals surface area (Å²) in [5.74, 6) is -0.916. The minimum absolute atomic E-state index is 0.115. The first-order valence-electron chi connectivity index (χ1n) is 4.94. The molecule has 2 aromatic rings. The van der Waals surface area contributed by atoms with Crippen LogP contribution in [-0.4, -0.2) is 21.0 Å². The van der Waals surface area contributed by atoms with Gasteiger partial charge in [-0.25, -0.2) is 9.97 Å². The molecule has 1 N–H and O–H groups in total. The van der Waals surface area contributed by atoms with Crippen LogP contribution >= 0.6 is 11.6 Å². The van der Waals surface area contributed by atoms with E-state index in [-0.39, 0.29) is 6.42 Å². The van der Waals surface area contributed by atoms with Crippen LogP contribution < -0.4 is 0 Å². The largest absolute Gasteiger partial charge is 0.481 e. The number of carbonyl (C=O) groups is 1. The SMILES string of the molecule is O=C(O)Cc1cc(-c2cccc(Cl)c2)ncn1. The smallest absolute Gasteiger partial charge is 0.309 e. The van der Waals surface area contributed by atoms with Crippen molar-refractivity contribution in [2.24, 2.45) is 0 Å². The van der Waals surface area contributed by atoms with Gasteiger partial charge in [-0.05, 0) is 18.2 Å². The highest BCUT2D eigenvalue weighted by Crippen LogP contribution is 2.20. The van der Waals surface area contributed by atoms with Crippen molar-refractivity contribution >= 4 is 17.6 Å². The van der Waals surface area contributed by atoms with Crippen molar-refractivity contribution in [2.75, 3.05) is 0 Å². The maximum absolute atomic E-state index is 10.6. The Bertz CT molecular complexity index is 558. The summed E-state index contributed by atoms with van der Waals surface area (Å²) in [6.45, 7) is 0. The third-order valence-corrected chi connectivity index (χ3v) is 2.41. The normalized spacial score (nSPS) is 10.2. The summed E-state index contributed by atoms with van der Waals surface area (Å²) < 4.78 is 0. The van der Waals surface area contributed by atoms with Gasteiger partial charge in [-0.3, -0.25) is 4.79 Å². The monoisotopic (exact) mass is 248 g/mol. The van der Waals surface area contributed by atoms with Gasteiger partial charge in [0.05, 0.1) is 17.8 Å². The van der Waals surface area contributed by atoms with Gasteiger partial charge in [-0.15, -0.1) is 0 Å². The van der Waals surface area contributed by atoms with Crippen LogP contribution in [0.3, 0.4) is 0 Å². The molecule has 0 amide bonds. The first-order valence-corrected chi connectivity index (χ1v) is 5.31. The van der Waals surface area contributed by atoms with Gasteiger partial charge in [-0.1, -0.05) is 23.7 Å². The Morgan fingerprint density at radius 3 is 2.82 bits per heavy atom. The number of halogens is 1. The lowest BCUT2D eigenvalue weighted by Gasteiger charge is -2.02. The van der Waals surface area contributed by atoms with Gasteiger partial charge in [0.15, 0.2) is 0 Å². The first-order chi connectivity index (χ1) is 8.15. The maximum atomic E-state index is 10.6. The Balaban J connectivity index is 2.36. The van der Waals surface area contributed by atoms with E-state index >= 15 is 0 Å². The van der Waals surface area contributed by atoms with Gasteiger partial charge < -0.3 is 5.11 Å². The van der Waals surface area contributed by atoms with E-state index in [1.807, 2.05) is 12.1 Å². The Morgan fingerprint density at radius 1 is 1.29 bits per heavy atom. The number of carboxylic acid groups (broad SMARTS) is 1. The Hall–Kier alpha value is -1.94. The average Bonchev–Trinajstić information content (AvgIpc) is 2.28. The number of rotatable bonds is 3. The predicted molar refractivity (Wildman–Crippen MR) is 63.8 cm³/mol. The molecular formula is C12H9ClN2O2. The summed E-state index contributed by atoms with van der Waals surface area (Å²) in [7, 11) is 0. The minimum atomic E-state index is -0.916. The van der Waals surface area contributed by atoms with Crippen molar-refractivity contribution < 1.29 is 9.90 Å². The van der Waals surface area contributed by atoms with Crippen LogP contribution in [0.5, 0.6) is 0 Å². The van der Waals surface area contributed by atoms with E-state index in [1.54, 1.807) is 18.2 Å². The van der Waals surface area contributed by atoms with Gasteiger partial charge in [0, 0.05) is 10.6 Å². The molecule has 17 heavy (non-hydrogen) atoms. The molecule has 5 heteroatoms. The van der Waals surface area contributed by atoms with Crippen molar-refractivity contribution in [3.05, 3.63) is 47.4 Å². The average molecular weight is 249 g/mol. The summed E-state index contributed by atoms with van der Waals surface area (Å²) in [5, 5.41) is 9.30. The molecule has 0 atom stereocenters. The zero-order chi connectivity index (χ0) is 12.3. The highest BCUT2D eigenvalue weighted by Gasteiger charge is 2.05. The molecule has 0 saturated carbocycles. The van der Waals surface area contributed by atoms with E-state index in [0.29, 0.717) is 16.4 Å². The fourth-order valence-electron chi connectivity index (χ4n) is 1.45. The fraction of sp³-hybridized carbons (Fsp3) is 0.0833. The zero-order valence-corrected chi connectivity index (χ0v) is 9.55. The second-order valence-electron chi connectivity index (χ2n) is 3.48. The minimum Gasteiger partial charge on any atom is -0.481 e. The number of nitrogens with zero attached hydrogens (tertiary/aromatic N) is 2. The molecule has 0 radical (unpaired) electrons. The van der Waals surface area contributed by atoms with Crippen molar-refractivity contribution in [3.8, 4) is 11.3 Å². The third-order valence-electron chi connectivity index (χ3n) is 2.18. The van der Waals surface area contributed by atoms with Crippen LogP contribution in [0.25, 0.3) is 11.3 Å². The number of aliphatic carboxylic acids is 1. The Morgan fingerprint density at radius 2 is 2.12 bits per heavy atom. The van der Waals surface area contributed by atoms with Crippen LogP contribution in [-0.2, 0) is 11.2 Å².